The lowest BCUT2D eigenvalue weighted by molar-refractivity contribution is -0.120. The molecule has 2 aromatic rings. The molecule has 6 heteroatoms. The fraction of sp³-hybridized carbons (Fsp3) is 0.500. The number of carbonyl (C=O) groups excluding carboxylic acids is 1. The monoisotopic (exact) mass is 382 g/mol. The van der Waals surface area contributed by atoms with Gasteiger partial charge in [0.05, 0.1) is 6.42 Å². The van der Waals surface area contributed by atoms with Crippen molar-refractivity contribution in [3.05, 3.63) is 62.8 Å². The van der Waals surface area contributed by atoms with Crippen molar-refractivity contribution < 1.29 is 4.79 Å². The van der Waals surface area contributed by atoms with Gasteiger partial charge < -0.3 is 10.3 Å². The van der Waals surface area contributed by atoms with E-state index in [1.807, 2.05) is 6.07 Å². The first-order valence-corrected chi connectivity index (χ1v) is 10.1. The van der Waals surface area contributed by atoms with Crippen LogP contribution in [0, 0.1) is 13.8 Å². The Labute approximate surface area is 166 Å². The molecule has 2 heterocycles. The lowest BCUT2D eigenvalue weighted by Crippen LogP contribution is -2.37. The first-order chi connectivity index (χ1) is 13.4. The maximum atomic E-state index is 12.4. The average molecular weight is 383 g/mol. The molecule has 1 aromatic heterocycles. The molecule has 0 bridgehead atoms. The van der Waals surface area contributed by atoms with E-state index in [-0.39, 0.29) is 17.9 Å². The number of carbonyl (C=O) groups is 1. The second-order valence-corrected chi connectivity index (χ2v) is 7.75. The molecule has 0 spiro atoms. The summed E-state index contributed by atoms with van der Waals surface area (Å²) in [4.78, 5) is 34.0. The van der Waals surface area contributed by atoms with Crippen molar-refractivity contribution in [1.82, 2.24) is 20.2 Å². The van der Waals surface area contributed by atoms with Gasteiger partial charge in [-0.05, 0) is 51.3 Å². The predicted octanol–water partition coefficient (Wildman–Crippen LogP) is 2.62. The van der Waals surface area contributed by atoms with Crippen LogP contribution in [-0.4, -0.2) is 33.4 Å². The maximum absolute atomic E-state index is 12.4. The zero-order valence-electron chi connectivity index (χ0n) is 17.0. The SMILES string of the molecule is Cc1nc(C)c(CC(=O)NCc2ccccc2CN2CCCC[C@H]2C)c(=O)[nH]1. The highest BCUT2D eigenvalue weighted by Gasteiger charge is 2.19. The summed E-state index contributed by atoms with van der Waals surface area (Å²) in [5, 5.41) is 2.97. The third-order valence-corrected chi connectivity index (χ3v) is 5.59. The van der Waals surface area contributed by atoms with E-state index in [0.29, 0.717) is 29.7 Å². The predicted molar refractivity (Wildman–Crippen MR) is 110 cm³/mol. The molecule has 0 aliphatic carbocycles. The molecule has 28 heavy (non-hydrogen) atoms. The molecular formula is C22H30N4O2. The van der Waals surface area contributed by atoms with Crippen LogP contribution >= 0.6 is 0 Å². The molecule has 1 saturated heterocycles. The van der Waals surface area contributed by atoms with Gasteiger partial charge in [0.25, 0.3) is 5.56 Å². The third kappa shape index (κ3) is 5.07. The minimum atomic E-state index is -0.236. The zero-order chi connectivity index (χ0) is 20.1. The Morgan fingerprint density at radius 1 is 1.25 bits per heavy atom. The number of aromatic nitrogens is 2. The van der Waals surface area contributed by atoms with Gasteiger partial charge in [0.15, 0.2) is 0 Å². The number of hydrogen-bond acceptors (Lipinski definition) is 4. The molecule has 0 unspecified atom stereocenters. The van der Waals surface area contributed by atoms with Crippen LogP contribution in [0.15, 0.2) is 29.1 Å². The van der Waals surface area contributed by atoms with Crippen LogP contribution in [0.5, 0.6) is 0 Å². The number of hydrogen-bond donors (Lipinski definition) is 2. The molecule has 0 saturated carbocycles. The van der Waals surface area contributed by atoms with Crippen LogP contribution in [0.4, 0.5) is 0 Å². The second-order valence-electron chi connectivity index (χ2n) is 7.75. The van der Waals surface area contributed by atoms with Crippen molar-refractivity contribution in [2.45, 2.75) is 65.6 Å². The number of amides is 1. The van der Waals surface area contributed by atoms with Crippen LogP contribution in [0.2, 0.25) is 0 Å². The minimum absolute atomic E-state index is 0.0414. The Kier molecular flexibility index (Phi) is 6.62. The number of aromatic amines is 1. The molecule has 1 atom stereocenters. The van der Waals surface area contributed by atoms with Gasteiger partial charge >= 0.3 is 0 Å². The minimum Gasteiger partial charge on any atom is -0.352 e. The summed E-state index contributed by atoms with van der Waals surface area (Å²) in [6.07, 6.45) is 3.85. The van der Waals surface area contributed by atoms with E-state index in [1.165, 1.54) is 24.8 Å². The highest BCUT2D eigenvalue weighted by atomic mass is 16.2. The summed E-state index contributed by atoms with van der Waals surface area (Å²) in [5.41, 5.74) is 3.18. The quantitative estimate of drug-likeness (QED) is 0.805. The van der Waals surface area contributed by atoms with Gasteiger partial charge in [-0.25, -0.2) is 4.98 Å². The first kappa shape index (κ1) is 20.3. The van der Waals surface area contributed by atoms with E-state index >= 15 is 0 Å². The Hall–Kier alpha value is -2.47. The van der Waals surface area contributed by atoms with Gasteiger partial charge in [-0.3, -0.25) is 14.5 Å². The summed E-state index contributed by atoms with van der Waals surface area (Å²) in [5.74, 6) is 0.396. The molecule has 1 amide bonds. The van der Waals surface area contributed by atoms with E-state index in [0.717, 1.165) is 18.7 Å². The lowest BCUT2D eigenvalue weighted by atomic mass is 10.0. The Morgan fingerprint density at radius 2 is 2.00 bits per heavy atom. The summed E-state index contributed by atoms with van der Waals surface area (Å²) < 4.78 is 0. The topological polar surface area (TPSA) is 78.1 Å². The third-order valence-electron chi connectivity index (χ3n) is 5.59. The molecule has 1 aliphatic heterocycles. The van der Waals surface area contributed by atoms with Gasteiger partial charge in [-0.15, -0.1) is 0 Å². The molecule has 150 valence electrons. The van der Waals surface area contributed by atoms with Crippen molar-refractivity contribution in [3.63, 3.8) is 0 Å². The smallest absolute Gasteiger partial charge is 0.254 e. The number of rotatable bonds is 6. The van der Waals surface area contributed by atoms with Crippen LogP contribution in [0.1, 0.15) is 54.4 Å². The van der Waals surface area contributed by atoms with Crippen molar-refractivity contribution in [2.75, 3.05) is 6.54 Å². The van der Waals surface area contributed by atoms with Crippen LogP contribution in [-0.2, 0) is 24.3 Å². The molecule has 3 rings (SSSR count). The number of aryl methyl sites for hydroxylation is 2. The number of H-pyrrole nitrogens is 1. The van der Waals surface area contributed by atoms with Crippen LogP contribution < -0.4 is 10.9 Å². The van der Waals surface area contributed by atoms with Crippen LogP contribution in [0.25, 0.3) is 0 Å². The van der Waals surface area contributed by atoms with Gasteiger partial charge in [-0.2, -0.15) is 0 Å². The van der Waals surface area contributed by atoms with Crippen LogP contribution in [0.3, 0.4) is 0 Å². The number of nitrogens with one attached hydrogen (secondary N) is 2. The van der Waals surface area contributed by atoms with Gasteiger partial charge in [0.1, 0.15) is 5.82 Å². The average Bonchev–Trinajstić information content (AvgIpc) is 2.66. The number of piperidine rings is 1. The lowest BCUT2D eigenvalue weighted by Gasteiger charge is -2.33. The largest absolute Gasteiger partial charge is 0.352 e. The Morgan fingerprint density at radius 3 is 2.71 bits per heavy atom. The van der Waals surface area contributed by atoms with Crippen molar-refractivity contribution >= 4 is 5.91 Å². The summed E-state index contributed by atoms with van der Waals surface area (Å²) in [6, 6.07) is 8.86. The van der Waals surface area contributed by atoms with E-state index in [2.05, 4.69) is 45.3 Å². The van der Waals surface area contributed by atoms with Crippen molar-refractivity contribution in [2.24, 2.45) is 0 Å². The molecular weight excluding hydrogens is 352 g/mol. The van der Waals surface area contributed by atoms with Gasteiger partial charge in [-0.1, -0.05) is 30.7 Å². The van der Waals surface area contributed by atoms with E-state index in [9.17, 15) is 9.59 Å². The molecule has 1 fully saturated rings. The fourth-order valence-electron chi connectivity index (χ4n) is 3.87. The number of benzene rings is 1. The molecule has 6 nitrogen and oxygen atoms in total. The Balaban J connectivity index is 1.63. The molecule has 2 N–H and O–H groups in total. The van der Waals surface area contributed by atoms with E-state index in [4.69, 9.17) is 0 Å². The van der Waals surface area contributed by atoms with E-state index in [1.54, 1.807) is 13.8 Å². The summed E-state index contributed by atoms with van der Waals surface area (Å²) >= 11 is 0. The summed E-state index contributed by atoms with van der Waals surface area (Å²) in [6.45, 7) is 8.29. The molecule has 1 aliphatic rings. The molecule has 0 radical (unpaired) electrons. The van der Waals surface area contributed by atoms with Gasteiger partial charge in [0, 0.05) is 30.4 Å². The highest BCUT2D eigenvalue weighted by Crippen LogP contribution is 2.20. The summed E-state index contributed by atoms with van der Waals surface area (Å²) in [7, 11) is 0. The molecule has 1 aromatic carbocycles. The second kappa shape index (κ2) is 9.15. The standard InChI is InChI=1S/C22H30N4O2/c1-15-8-6-7-11-26(15)14-19-10-5-4-9-18(19)13-23-21(27)12-20-16(2)24-17(3)25-22(20)28/h4-5,9-10,15H,6-8,11-14H2,1-3H3,(H,23,27)(H,24,25,28)/t15-/m1/s1. The van der Waals surface area contributed by atoms with E-state index < -0.39 is 0 Å². The fourth-order valence-corrected chi connectivity index (χ4v) is 3.87. The zero-order valence-corrected chi connectivity index (χ0v) is 17.0. The highest BCUT2D eigenvalue weighted by molar-refractivity contribution is 5.78. The van der Waals surface area contributed by atoms with Crippen molar-refractivity contribution in [3.8, 4) is 0 Å². The number of nitrogens with zero attached hydrogens (tertiary/aromatic N) is 2. The van der Waals surface area contributed by atoms with Crippen molar-refractivity contribution in [1.29, 1.82) is 0 Å². The Bertz CT molecular complexity index is 890. The first-order valence-electron chi connectivity index (χ1n) is 10.1. The normalized spacial score (nSPS) is 17.5. The van der Waals surface area contributed by atoms with Gasteiger partial charge in [0.2, 0.25) is 5.91 Å². The number of likely N-dealkylation sites (tertiary alicyclic amines) is 1. The maximum Gasteiger partial charge on any atom is 0.254 e.